The van der Waals surface area contributed by atoms with Crippen molar-refractivity contribution in [2.45, 2.75) is 45.1 Å². The number of amides is 1. The van der Waals surface area contributed by atoms with E-state index in [1.807, 2.05) is 6.92 Å². The van der Waals surface area contributed by atoms with Crippen LogP contribution in [0.2, 0.25) is 0 Å². The van der Waals surface area contributed by atoms with Crippen LogP contribution in [-0.4, -0.2) is 27.3 Å². The summed E-state index contributed by atoms with van der Waals surface area (Å²) in [5.41, 5.74) is 1.26. The fourth-order valence-electron chi connectivity index (χ4n) is 4.15. The summed E-state index contributed by atoms with van der Waals surface area (Å²) in [6.45, 7) is 8.44. The van der Waals surface area contributed by atoms with Crippen molar-refractivity contribution in [2.75, 3.05) is 11.9 Å². The molecule has 0 radical (unpaired) electrons. The molecule has 0 spiro atoms. The number of aryl methyl sites for hydroxylation is 1. The normalized spacial score (nSPS) is 23.0. The number of carbonyl (C=O) groups is 1. The third kappa shape index (κ3) is 4.36. The number of halogens is 1. The lowest BCUT2D eigenvalue weighted by Crippen LogP contribution is -2.41. The Kier molecular flexibility index (Phi) is 6.53. The summed E-state index contributed by atoms with van der Waals surface area (Å²) in [5, 5.41) is 11.8. The number of rotatable bonds is 4. The Hall–Kier alpha value is -2.70. The van der Waals surface area contributed by atoms with Gasteiger partial charge in [0.25, 0.3) is 5.91 Å². The lowest BCUT2D eigenvalue weighted by molar-refractivity contribution is 0.101. The quantitative estimate of drug-likeness (QED) is 0.747. The molecule has 2 heterocycles. The Labute approximate surface area is 183 Å². The Morgan fingerprint density at radius 3 is 2.81 bits per heavy atom. The number of nitrogens with one attached hydrogen (secondary N) is 2. The molecule has 9 heteroatoms. The van der Waals surface area contributed by atoms with E-state index in [1.165, 1.54) is 12.1 Å². The second kappa shape index (κ2) is 8.81. The molecule has 1 aliphatic heterocycles. The van der Waals surface area contributed by atoms with E-state index in [1.54, 1.807) is 23.9 Å². The third-order valence-corrected chi connectivity index (χ3v) is 7.73. The molecule has 2 N–H and O–H groups in total. The largest absolute Gasteiger partial charge is 0.345 e. The van der Waals surface area contributed by atoms with E-state index in [0.717, 1.165) is 6.07 Å². The molecule has 2 unspecified atom stereocenters. The van der Waals surface area contributed by atoms with Gasteiger partial charge in [-0.25, -0.2) is 17.7 Å². The molecule has 1 aromatic heterocycles. The van der Waals surface area contributed by atoms with Crippen LogP contribution in [0.25, 0.3) is 0 Å². The molecule has 2 aromatic rings. The van der Waals surface area contributed by atoms with Crippen molar-refractivity contribution in [1.29, 1.82) is 5.26 Å². The van der Waals surface area contributed by atoms with Gasteiger partial charge < -0.3 is 9.88 Å². The summed E-state index contributed by atoms with van der Waals surface area (Å²) in [4.78, 5) is 13.7. The first-order chi connectivity index (χ1) is 14.6. The van der Waals surface area contributed by atoms with Crippen LogP contribution in [0.5, 0.6) is 0 Å². The summed E-state index contributed by atoms with van der Waals surface area (Å²) >= 11 is 0. The summed E-state index contributed by atoms with van der Waals surface area (Å²) in [5.74, 6) is -0.693. The number of anilines is 1. The molecule has 1 amide bonds. The van der Waals surface area contributed by atoms with Crippen LogP contribution >= 0.6 is 0 Å². The number of hydrogen-bond acceptors (Lipinski definition) is 4. The summed E-state index contributed by atoms with van der Waals surface area (Å²) in [6.07, 6.45) is 2.28. The molecule has 0 saturated heterocycles. The van der Waals surface area contributed by atoms with Gasteiger partial charge in [-0.05, 0) is 43.4 Å². The minimum Gasteiger partial charge on any atom is -0.345 e. The van der Waals surface area contributed by atoms with Crippen molar-refractivity contribution in [3.63, 3.8) is 0 Å². The monoisotopic (exact) mass is 445 g/mol. The minimum absolute atomic E-state index is 0.0216. The number of benzene rings is 1. The number of nitriles is 1. The highest BCUT2D eigenvalue weighted by Gasteiger charge is 2.36. The Balaban J connectivity index is 2.08. The smallest absolute Gasteiger partial charge is 0.272 e. The van der Waals surface area contributed by atoms with Crippen LogP contribution < -0.4 is 10.0 Å². The number of fused-ring (bicyclic) bond motifs is 1. The Morgan fingerprint density at radius 1 is 1.48 bits per heavy atom. The predicted molar refractivity (Wildman–Crippen MR) is 118 cm³/mol. The van der Waals surface area contributed by atoms with E-state index in [0.29, 0.717) is 34.8 Å². The maximum Gasteiger partial charge on any atom is 0.272 e. The first-order valence-corrected chi connectivity index (χ1v) is 11.8. The standard InChI is InChI=1S/C22H28FN5O2S/c1-6-25-31(30)19-12-28(5)21(17(19)9-14(4)20(27-31)13(2)3)22(29)26-16-7-8-18(23)15(10-16)11-24/h7-8,10,12-14,20H,6,9H2,1-5H3,(H,26,29)(H,25,27,30)/t14?,20-,31?/m0/s1. The molecule has 0 saturated carbocycles. The molecule has 0 fully saturated rings. The van der Waals surface area contributed by atoms with Gasteiger partial charge in [0.15, 0.2) is 0 Å². The number of aromatic nitrogens is 1. The highest BCUT2D eigenvalue weighted by Crippen LogP contribution is 2.33. The summed E-state index contributed by atoms with van der Waals surface area (Å²) < 4.78 is 36.9. The fraction of sp³-hybridized carbons (Fsp3) is 0.455. The van der Waals surface area contributed by atoms with E-state index in [2.05, 4.69) is 35.2 Å². The molecule has 3 rings (SSSR count). The van der Waals surface area contributed by atoms with Crippen LogP contribution in [0, 0.1) is 29.0 Å². The van der Waals surface area contributed by atoms with Gasteiger partial charge in [0, 0.05) is 37.1 Å². The molecule has 0 bridgehead atoms. The number of hydrogen-bond donors (Lipinski definition) is 2. The lowest BCUT2D eigenvalue weighted by Gasteiger charge is -2.27. The highest BCUT2D eigenvalue weighted by atomic mass is 32.2. The van der Waals surface area contributed by atoms with Crippen LogP contribution in [0.3, 0.4) is 0 Å². The predicted octanol–water partition coefficient (Wildman–Crippen LogP) is 3.86. The van der Waals surface area contributed by atoms with Gasteiger partial charge in [-0.3, -0.25) is 4.79 Å². The van der Waals surface area contributed by atoms with Gasteiger partial charge in [-0.2, -0.15) is 5.26 Å². The molecule has 0 aliphatic carbocycles. The van der Waals surface area contributed by atoms with Crippen LogP contribution in [0.4, 0.5) is 10.1 Å². The number of nitrogens with zero attached hydrogens (tertiary/aromatic N) is 3. The van der Waals surface area contributed by atoms with Crippen LogP contribution in [0.15, 0.2) is 33.7 Å². The van der Waals surface area contributed by atoms with Gasteiger partial charge in [0.1, 0.15) is 27.5 Å². The topological polar surface area (TPSA) is 99.3 Å². The van der Waals surface area contributed by atoms with Crippen molar-refractivity contribution in [3.05, 3.63) is 47.0 Å². The van der Waals surface area contributed by atoms with Crippen molar-refractivity contribution in [3.8, 4) is 6.07 Å². The molecule has 31 heavy (non-hydrogen) atoms. The highest BCUT2D eigenvalue weighted by molar-refractivity contribution is 7.91. The van der Waals surface area contributed by atoms with Crippen molar-refractivity contribution < 1.29 is 13.4 Å². The Morgan fingerprint density at radius 2 is 2.19 bits per heavy atom. The molecule has 1 aromatic carbocycles. The van der Waals surface area contributed by atoms with Gasteiger partial charge in [-0.1, -0.05) is 20.8 Å². The number of carbonyl (C=O) groups excluding carboxylic acids is 1. The van der Waals surface area contributed by atoms with Crippen molar-refractivity contribution in [1.82, 2.24) is 9.29 Å². The van der Waals surface area contributed by atoms with Gasteiger partial charge in [-0.15, -0.1) is 0 Å². The first-order valence-electron chi connectivity index (χ1n) is 10.3. The molecule has 166 valence electrons. The average Bonchev–Trinajstić information content (AvgIpc) is 2.99. The molecule has 3 atom stereocenters. The third-order valence-electron chi connectivity index (χ3n) is 5.57. The zero-order valence-corrected chi connectivity index (χ0v) is 19.2. The second-order valence-electron chi connectivity index (χ2n) is 8.23. The maximum atomic E-state index is 13.9. The van der Waals surface area contributed by atoms with Crippen LogP contribution in [-0.2, 0) is 23.4 Å². The second-order valence-corrected chi connectivity index (χ2v) is 10.2. The molecule has 1 aliphatic rings. The summed E-state index contributed by atoms with van der Waals surface area (Å²) in [6, 6.07) is 5.59. The van der Waals surface area contributed by atoms with Gasteiger partial charge >= 0.3 is 0 Å². The zero-order valence-electron chi connectivity index (χ0n) is 18.4. The lowest BCUT2D eigenvalue weighted by atomic mass is 9.88. The van der Waals surface area contributed by atoms with E-state index in [9.17, 15) is 13.4 Å². The summed E-state index contributed by atoms with van der Waals surface area (Å²) in [7, 11) is -1.18. The van der Waals surface area contributed by atoms with Gasteiger partial charge in [0.05, 0.1) is 10.5 Å². The van der Waals surface area contributed by atoms with Gasteiger partial charge in [0.2, 0.25) is 0 Å². The SMILES string of the molecule is CCN=S1(=O)N[C@@H](C(C)C)C(C)Cc2c1cn(C)c2C(=O)Nc1ccc(F)c(C#N)c1. The first kappa shape index (κ1) is 23.0. The fourth-order valence-corrected chi connectivity index (χ4v) is 6.55. The molecular weight excluding hydrogens is 417 g/mol. The van der Waals surface area contributed by atoms with Crippen molar-refractivity contribution >= 4 is 21.5 Å². The Bertz CT molecular complexity index is 1170. The maximum absolute atomic E-state index is 13.9. The minimum atomic E-state index is -2.91. The van der Waals surface area contributed by atoms with E-state index in [-0.39, 0.29) is 23.4 Å². The molecule has 7 nitrogen and oxygen atoms in total. The van der Waals surface area contributed by atoms with E-state index >= 15 is 0 Å². The zero-order chi connectivity index (χ0) is 22.9. The van der Waals surface area contributed by atoms with E-state index in [4.69, 9.17) is 5.26 Å². The van der Waals surface area contributed by atoms with Crippen LogP contribution in [0.1, 0.15) is 49.3 Å². The molecular formula is C22H28FN5O2S. The van der Waals surface area contributed by atoms with Crippen molar-refractivity contribution in [2.24, 2.45) is 23.2 Å². The van der Waals surface area contributed by atoms with E-state index < -0.39 is 21.6 Å². The average molecular weight is 446 g/mol.